The lowest BCUT2D eigenvalue weighted by atomic mass is 10.2. The van der Waals surface area contributed by atoms with Crippen molar-refractivity contribution < 1.29 is 14.3 Å². The molecule has 2 heterocycles. The summed E-state index contributed by atoms with van der Waals surface area (Å²) in [6, 6.07) is 5.30. The maximum Gasteiger partial charge on any atom is 0.338 e. The maximum atomic E-state index is 12.5. The average Bonchev–Trinajstić information content (AvgIpc) is 3.07. The first kappa shape index (κ1) is 17.1. The van der Waals surface area contributed by atoms with Crippen LogP contribution >= 0.6 is 11.3 Å². The minimum absolute atomic E-state index is 0.328. The van der Waals surface area contributed by atoms with Crippen LogP contribution < -0.4 is 4.80 Å². The molecule has 25 heavy (non-hydrogen) atoms. The lowest BCUT2D eigenvalue weighted by Crippen LogP contribution is -2.15. The van der Waals surface area contributed by atoms with Crippen molar-refractivity contribution >= 4 is 33.4 Å². The second-order valence-electron chi connectivity index (χ2n) is 5.56. The van der Waals surface area contributed by atoms with Crippen LogP contribution in [-0.2, 0) is 18.8 Å². The van der Waals surface area contributed by atoms with Crippen molar-refractivity contribution in [3.8, 4) is 0 Å². The van der Waals surface area contributed by atoms with Gasteiger partial charge in [0.05, 0.1) is 28.6 Å². The molecule has 0 radical (unpaired) electrons. The van der Waals surface area contributed by atoms with Crippen LogP contribution in [-0.4, -0.2) is 32.8 Å². The molecule has 0 spiro atoms. The molecular formula is C17H18N4O3S. The number of nitrogens with zero attached hydrogens (tertiary/aromatic N) is 4. The van der Waals surface area contributed by atoms with E-state index in [1.807, 2.05) is 24.6 Å². The molecule has 3 aromatic rings. The lowest BCUT2D eigenvalue weighted by Gasteiger charge is -2.01. The summed E-state index contributed by atoms with van der Waals surface area (Å²) in [7, 11) is 3.55. The zero-order chi connectivity index (χ0) is 18.1. The Balaban J connectivity index is 2.06. The predicted molar refractivity (Wildman–Crippen MR) is 94.6 cm³/mol. The number of aryl methyl sites for hydroxylation is 3. The highest BCUT2D eigenvalue weighted by Gasteiger charge is 2.15. The van der Waals surface area contributed by atoms with Crippen molar-refractivity contribution in [1.29, 1.82) is 0 Å². The standard InChI is InChI=1S/C17H18N4O3S/c1-5-24-16(23)11-6-7-12-13(8-11)25-17(20(12)3)19-15(22)14-10(2)9-18-21(14)4/h6-9H,5H2,1-4H3. The van der Waals surface area contributed by atoms with E-state index in [2.05, 4.69) is 10.1 Å². The number of carbonyl (C=O) groups excluding carboxylic acids is 2. The molecule has 0 saturated heterocycles. The Bertz CT molecular complexity index is 1020. The molecule has 130 valence electrons. The van der Waals surface area contributed by atoms with Gasteiger partial charge in [-0.1, -0.05) is 11.3 Å². The predicted octanol–water partition coefficient (Wildman–Crippen LogP) is 2.20. The van der Waals surface area contributed by atoms with Crippen LogP contribution in [0, 0.1) is 6.92 Å². The number of amides is 1. The van der Waals surface area contributed by atoms with Gasteiger partial charge in [0.15, 0.2) is 4.80 Å². The molecule has 0 atom stereocenters. The highest BCUT2D eigenvalue weighted by Crippen LogP contribution is 2.19. The molecule has 0 aliphatic heterocycles. The molecule has 0 unspecified atom stereocenters. The Morgan fingerprint density at radius 3 is 2.72 bits per heavy atom. The van der Waals surface area contributed by atoms with Gasteiger partial charge < -0.3 is 9.30 Å². The average molecular weight is 358 g/mol. The van der Waals surface area contributed by atoms with Gasteiger partial charge in [-0.15, -0.1) is 0 Å². The zero-order valence-corrected chi connectivity index (χ0v) is 15.3. The number of aromatic nitrogens is 3. The summed E-state index contributed by atoms with van der Waals surface area (Å²) in [5.41, 5.74) is 2.62. The molecule has 0 bridgehead atoms. The van der Waals surface area contributed by atoms with Gasteiger partial charge in [-0.2, -0.15) is 10.1 Å². The monoisotopic (exact) mass is 358 g/mol. The Morgan fingerprint density at radius 1 is 1.32 bits per heavy atom. The van der Waals surface area contributed by atoms with Gasteiger partial charge in [-0.05, 0) is 32.0 Å². The molecule has 8 heteroatoms. The van der Waals surface area contributed by atoms with Crippen molar-refractivity contribution in [3.05, 3.63) is 46.0 Å². The number of benzene rings is 1. The molecule has 1 amide bonds. The van der Waals surface area contributed by atoms with Crippen LogP contribution in [0.4, 0.5) is 0 Å². The van der Waals surface area contributed by atoms with E-state index < -0.39 is 0 Å². The minimum atomic E-state index is -0.361. The number of ether oxygens (including phenoxy) is 1. The fourth-order valence-corrected chi connectivity index (χ4v) is 3.63. The van der Waals surface area contributed by atoms with E-state index in [-0.39, 0.29) is 11.9 Å². The fourth-order valence-electron chi connectivity index (χ4n) is 2.58. The molecule has 0 saturated carbocycles. The Kier molecular flexibility index (Phi) is 4.54. The molecule has 2 aromatic heterocycles. The van der Waals surface area contributed by atoms with Crippen molar-refractivity contribution in [1.82, 2.24) is 14.3 Å². The van der Waals surface area contributed by atoms with E-state index in [1.54, 1.807) is 32.3 Å². The van der Waals surface area contributed by atoms with Gasteiger partial charge in [0.25, 0.3) is 5.91 Å². The maximum absolute atomic E-state index is 12.5. The Labute approximate surface area is 148 Å². The van der Waals surface area contributed by atoms with E-state index in [1.165, 1.54) is 16.0 Å². The third kappa shape index (κ3) is 3.12. The van der Waals surface area contributed by atoms with Crippen LogP contribution in [0.15, 0.2) is 29.4 Å². The first-order chi connectivity index (χ1) is 11.9. The van der Waals surface area contributed by atoms with Crippen LogP contribution in [0.2, 0.25) is 0 Å². The van der Waals surface area contributed by atoms with Gasteiger partial charge in [0, 0.05) is 19.7 Å². The van der Waals surface area contributed by atoms with Gasteiger partial charge in [0.2, 0.25) is 0 Å². The van der Waals surface area contributed by atoms with Gasteiger partial charge in [-0.3, -0.25) is 9.48 Å². The highest BCUT2D eigenvalue weighted by molar-refractivity contribution is 7.16. The normalized spacial score (nSPS) is 11.9. The van der Waals surface area contributed by atoms with E-state index in [0.717, 1.165) is 15.8 Å². The molecule has 0 fully saturated rings. The highest BCUT2D eigenvalue weighted by atomic mass is 32.1. The Morgan fingerprint density at radius 2 is 2.08 bits per heavy atom. The molecule has 0 aliphatic rings. The molecule has 0 aliphatic carbocycles. The number of esters is 1. The minimum Gasteiger partial charge on any atom is -0.462 e. The quantitative estimate of drug-likeness (QED) is 0.673. The zero-order valence-electron chi connectivity index (χ0n) is 14.4. The SMILES string of the molecule is CCOC(=O)c1ccc2c(c1)sc(=NC(=O)c1c(C)cnn1C)n2C. The summed E-state index contributed by atoms with van der Waals surface area (Å²) in [6.07, 6.45) is 1.64. The van der Waals surface area contributed by atoms with Crippen molar-refractivity contribution in [2.24, 2.45) is 19.1 Å². The first-order valence-electron chi connectivity index (χ1n) is 7.76. The third-order valence-corrected chi connectivity index (χ3v) is 4.94. The fraction of sp³-hybridized carbons (Fsp3) is 0.294. The van der Waals surface area contributed by atoms with E-state index in [4.69, 9.17) is 4.74 Å². The number of thiazole rings is 1. The summed E-state index contributed by atoms with van der Waals surface area (Å²) < 4.78 is 9.24. The summed E-state index contributed by atoms with van der Waals surface area (Å²) in [4.78, 5) is 29.2. The number of carbonyl (C=O) groups is 2. The van der Waals surface area contributed by atoms with Crippen LogP contribution in [0.25, 0.3) is 10.2 Å². The third-order valence-electron chi connectivity index (χ3n) is 3.84. The first-order valence-corrected chi connectivity index (χ1v) is 8.58. The van der Waals surface area contributed by atoms with Gasteiger partial charge in [0.1, 0.15) is 5.69 Å². The second-order valence-corrected chi connectivity index (χ2v) is 6.57. The molecule has 1 aromatic carbocycles. The molecule has 0 N–H and O–H groups in total. The van der Waals surface area contributed by atoms with Crippen LogP contribution in [0.5, 0.6) is 0 Å². The number of hydrogen-bond donors (Lipinski definition) is 0. The summed E-state index contributed by atoms with van der Waals surface area (Å²) in [5, 5.41) is 4.07. The molecular weight excluding hydrogens is 340 g/mol. The van der Waals surface area contributed by atoms with Crippen LogP contribution in [0.3, 0.4) is 0 Å². The molecule has 7 nitrogen and oxygen atoms in total. The Hall–Kier alpha value is -2.74. The van der Waals surface area contributed by atoms with E-state index in [0.29, 0.717) is 22.7 Å². The van der Waals surface area contributed by atoms with Gasteiger partial charge in [-0.25, -0.2) is 4.79 Å². The van der Waals surface area contributed by atoms with Crippen molar-refractivity contribution in [3.63, 3.8) is 0 Å². The summed E-state index contributed by atoms with van der Waals surface area (Å²) in [6.45, 7) is 3.92. The molecule has 3 rings (SSSR count). The van der Waals surface area contributed by atoms with E-state index in [9.17, 15) is 9.59 Å². The second kappa shape index (κ2) is 6.64. The number of rotatable bonds is 3. The lowest BCUT2D eigenvalue weighted by molar-refractivity contribution is 0.0526. The number of fused-ring (bicyclic) bond motifs is 1. The van der Waals surface area contributed by atoms with Crippen LogP contribution in [0.1, 0.15) is 33.3 Å². The number of hydrogen-bond acceptors (Lipinski definition) is 5. The van der Waals surface area contributed by atoms with Gasteiger partial charge >= 0.3 is 5.97 Å². The van der Waals surface area contributed by atoms with Crippen molar-refractivity contribution in [2.75, 3.05) is 6.61 Å². The largest absolute Gasteiger partial charge is 0.462 e. The summed E-state index contributed by atoms with van der Waals surface area (Å²) >= 11 is 1.35. The smallest absolute Gasteiger partial charge is 0.338 e. The summed E-state index contributed by atoms with van der Waals surface area (Å²) in [5.74, 6) is -0.703. The van der Waals surface area contributed by atoms with Crippen molar-refractivity contribution in [2.45, 2.75) is 13.8 Å². The topological polar surface area (TPSA) is 78.5 Å². The van der Waals surface area contributed by atoms with E-state index >= 15 is 0 Å².